The van der Waals surface area contributed by atoms with Gasteiger partial charge in [0.15, 0.2) is 0 Å². The minimum Gasteiger partial charge on any atom is -0.481 e. The number of barbiturate groups is 1. The lowest BCUT2D eigenvalue weighted by molar-refractivity contribution is -0.157. The first-order valence-corrected chi connectivity index (χ1v) is 8.46. The van der Waals surface area contributed by atoms with Crippen LogP contribution in [0.15, 0.2) is 0 Å². The molecule has 1 aliphatic heterocycles. The Morgan fingerprint density at radius 2 is 1.61 bits per heavy atom. The molecule has 2 atom stereocenters. The van der Waals surface area contributed by atoms with Crippen LogP contribution in [-0.2, 0) is 24.0 Å². The Morgan fingerprint density at radius 3 is 2.00 bits per heavy atom. The number of unbranched alkanes of at least 4 members (excludes halogenated alkanes) is 1. The molecule has 0 radical (unpaired) electrons. The second-order valence-corrected chi connectivity index (χ2v) is 6.21. The number of imide groups is 2. The van der Waals surface area contributed by atoms with Crippen molar-refractivity contribution in [2.75, 3.05) is 7.05 Å². The van der Waals surface area contributed by atoms with Crippen molar-refractivity contribution in [3.05, 3.63) is 0 Å². The second kappa shape index (κ2) is 11.0. The lowest BCUT2D eigenvalue weighted by Crippen LogP contribution is -2.68. The molecule has 0 aliphatic carbocycles. The average molecular weight is 403 g/mol. The fourth-order valence-corrected chi connectivity index (χ4v) is 2.40. The number of aliphatic carboxylic acids is 3. The van der Waals surface area contributed by atoms with Gasteiger partial charge in [-0.2, -0.15) is 0 Å². The number of urea groups is 1. The molecule has 1 saturated heterocycles. The third-order valence-electron chi connectivity index (χ3n) is 3.98. The summed E-state index contributed by atoms with van der Waals surface area (Å²) in [7, 11) is 1.10. The summed E-state index contributed by atoms with van der Waals surface area (Å²) in [5, 5.41) is 27.6. The molecule has 0 spiro atoms. The molecule has 0 aromatic rings. The molecule has 0 aromatic heterocycles. The highest BCUT2D eigenvalue weighted by Gasteiger charge is 2.54. The number of carboxylic acids is 3. The smallest absolute Gasteiger partial charge is 0.330 e. The number of rotatable bonds is 9. The lowest BCUT2D eigenvalue weighted by atomic mass is 9.78. The van der Waals surface area contributed by atoms with Gasteiger partial charge in [0.2, 0.25) is 11.8 Å². The fraction of sp³-hybridized carbons (Fsp3) is 0.625. The number of amides is 4. The van der Waals surface area contributed by atoms with E-state index in [2.05, 4.69) is 0 Å². The predicted molar refractivity (Wildman–Crippen MR) is 93.0 cm³/mol. The Balaban J connectivity index is 0.00000105. The van der Waals surface area contributed by atoms with Crippen LogP contribution in [0.4, 0.5) is 4.79 Å². The van der Waals surface area contributed by atoms with E-state index < -0.39 is 47.2 Å². The van der Waals surface area contributed by atoms with E-state index in [1.54, 1.807) is 0 Å². The van der Waals surface area contributed by atoms with Gasteiger partial charge in [-0.3, -0.25) is 34.2 Å². The summed E-state index contributed by atoms with van der Waals surface area (Å²) < 4.78 is 0. The van der Waals surface area contributed by atoms with Gasteiger partial charge in [-0.15, -0.1) is 0 Å². The Bertz CT molecular complexity index is 649. The van der Waals surface area contributed by atoms with Crippen molar-refractivity contribution in [3.8, 4) is 0 Å². The van der Waals surface area contributed by atoms with Gasteiger partial charge in [0.1, 0.15) is 11.5 Å². The highest BCUT2D eigenvalue weighted by molar-refractivity contribution is 6.18. The van der Waals surface area contributed by atoms with Crippen LogP contribution < -0.4 is 11.1 Å². The summed E-state index contributed by atoms with van der Waals surface area (Å²) in [6, 6.07) is -0.954. The maximum Gasteiger partial charge on any atom is 0.330 e. The van der Waals surface area contributed by atoms with Crippen LogP contribution in [0.25, 0.3) is 0 Å². The third-order valence-corrected chi connectivity index (χ3v) is 3.98. The van der Waals surface area contributed by atoms with E-state index in [1.807, 2.05) is 12.2 Å². The summed E-state index contributed by atoms with van der Waals surface area (Å²) in [6.45, 7) is 1.84. The molecule has 0 aromatic carbocycles. The van der Waals surface area contributed by atoms with Crippen molar-refractivity contribution in [2.24, 2.45) is 11.7 Å². The summed E-state index contributed by atoms with van der Waals surface area (Å²) in [4.78, 5) is 67.3. The Morgan fingerprint density at radius 1 is 1.07 bits per heavy atom. The lowest BCUT2D eigenvalue weighted by Gasteiger charge is -2.36. The van der Waals surface area contributed by atoms with Crippen molar-refractivity contribution < 1.29 is 44.1 Å². The van der Waals surface area contributed by atoms with E-state index in [0.717, 1.165) is 13.5 Å². The SMILES string of the molecule is CCCC(=O)O.CN1C(=O)NC(=O)C(C(N)(CCCCC(=O)O)C(=O)O)C1=O. The molecule has 12 heteroatoms. The summed E-state index contributed by atoms with van der Waals surface area (Å²) in [5.41, 5.74) is 3.54. The zero-order valence-corrected chi connectivity index (χ0v) is 15.6. The topological polar surface area (TPSA) is 204 Å². The zero-order valence-electron chi connectivity index (χ0n) is 15.6. The van der Waals surface area contributed by atoms with Crippen molar-refractivity contribution in [2.45, 2.75) is 51.0 Å². The Kier molecular flexibility index (Phi) is 9.78. The van der Waals surface area contributed by atoms with Gasteiger partial charge in [-0.05, 0) is 19.3 Å². The first-order valence-electron chi connectivity index (χ1n) is 8.46. The maximum absolute atomic E-state index is 12.0. The first-order chi connectivity index (χ1) is 12.9. The Labute approximate surface area is 160 Å². The zero-order chi connectivity index (χ0) is 22.1. The molecule has 12 nitrogen and oxygen atoms in total. The first kappa shape index (κ1) is 25.0. The van der Waals surface area contributed by atoms with E-state index in [1.165, 1.54) is 0 Å². The van der Waals surface area contributed by atoms with E-state index in [4.69, 9.17) is 15.9 Å². The summed E-state index contributed by atoms with van der Waals surface area (Å²) in [6.07, 6.45) is 0.818. The highest BCUT2D eigenvalue weighted by atomic mass is 16.4. The van der Waals surface area contributed by atoms with Gasteiger partial charge in [-0.1, -0.05) is 13.3 Å². The average Bonchev–Trinajstić information content (AvgIpc) is 2.57. The van der Waals surface area contributed by atoms with Crippen molar-refractivity contribution in [1.29, 1.82) is 0 Å². The molecule has 158 valence electrons. The van der Waals surface area contributed by atoms with Crippen molar-refractivity contribution in [1.82, 2.24) is 10.2 Å². The van der Waals surface area contributed by atoms with Gasteiger partial charge in [0.25, 0.3) is 0 Å². The van der Waals surface area contributed by atoms with Crippen LogP contribution in [0, 0.1) is 5.92 Å². The molecule has 0 bridgehead atoms. The molecule has 28 heavy (non-hydrogen) atoms. The minimum absolute atomic E-state index is 0.101. The van der Waals surface area contributed by atoms with Gasteiger partial charge in [-0.25, -0.2) is 4.79 Å². The van der Waals surface area contributed by atoms with Gasteiger partial charge in [0, 0.05) is 19.9 Å². The van der Waals surface area contributed by atoms with Crippen LogP contribution in [0.3, 0.4) is 0 Å². The van der Waals surface area contributed by atoms with Crippen LogP contribution in [0.5, 0.6) is 0 Å². The molecular formula is C16H25N3O9. The number of hydrogen-bond acceptors (Lipinski definition) is 7. The van der Waals surface area contributed by atoms with E-state index in [9.17, 15) is 33.9 Å². The van der Waals surface area contributed by atoms with Gasteiger partial charge in [0.05, 0.1) is 0 Å². The number of hydrogen-bond donors (Lipinski definition) is 5. The normalized spacial score (nSPS) is 18.5. The quantitative estimate of drug-likeness (QED) is 0.249. The number of carbonyl (C=O) groups is 6. The van der Waals surface area contributed by atoms with Crippen LogP contribution in [-0.4, -0.2) is 68.6 Å². The number of carboxylic acid groups (broad SMARTS) is 3. The molecule has 0 saturated carbocycles. The molecule has 1 heterocycles. The number of nitrogens with zero attached hydrogens (tertiary/aromatic N) is 1. The van der Waals surface area contributed by atoms with Crippen LogP contribution in [0.2, 0.25) is 0 Å². The number of nitrogens with two attached hydrogens (primary N) is 1. The number of carbonyl (C=O) groups excluding carboxylic acids is 3. The highest BCUT2D eigenvalue weighted by Crippen LogP contribution is 2.26. The molecular weight excluding hydrogens is 378 g/mol. The predicted octanol–water partition coefficient (Wildman–Crippen LogP) is -0.391. The van der Waals surface area contributed by atoms with Crippen molar-refractivity contribution >= 4 is 35.8 Å². The van der Waals surface area contributed by atoms with Gasteiger partial charge >= 0.3 is 23.9 Å². The standard InChI is InChI=1S/C12H17N3O7.C4H8O2/c1-15-9(19)7(8(18)14-11(15)22)12(13,10(20)21)5-3-2-4-6(16)17;1-2-3-4(5)6/h7H,2-5,13H2,1H3,(H,16,17)(H,20,21)(H,14,18,22);2-3H2,1H3,(H,5,6). The number of nitrogens with one attached hydrogen (secondary N) is 1. The molecule has 4 amide bonds. The fourth-order valence-electron chi connectivity index (χ4n) is 2.40. The van der Waals surface area contributed by atoms with Crippen molar-refractivity contribution in [3.63, 3.8) is 0 Å². The monoisotopic (exact) mass is 403 g/mol. The maximum atomic E-state index is 12.0. The molecule has 1 aliphatic rings. The van der Waals surface area contributed by atoms with Gasteiger partial charge < -0.3 is 21.1 Å². The molecule has 6 N–H and O–H groups in total. The summed E-state index contributed by atoms with van der Waals surface area (Å²) in [5.74, 6) is -7.16. The van der Waals surface area contributed by atoms with E-state index in [-0.39, 0.29) is 25.7 Å². The van der Waals surface area contributed by atoms with Crippen LogP contribution >= 0.6 is 0 Å². The molecule has 2 unspecified atom stereocenters. The van der Waals surface area contributed by atoms with E-state index in [0.29, 0.717) is 11.3 Å². The summed E-state index contributed by atoms with van der Waals surface area (Å²) >= 11 is 0. The molecule has 1 rings (SSSR count). The Hall–Kier alpha value is -3.02. The second-order valence-electron chi connectivity index (χ2n) is 6.21. The van der Waals surface area contributed by atoms with E-state index >= 15 is 0 Å². The third kappa shape index (κ3) is 6.95. The van der Waals surface area contributed by atoms with Crippen LogP contribution in [0.1, 0.15) is 45.4 Å². The minimum atomic E-state index is -2.21. The largest absolute Gasteiger partial charge is 0.481 e. The molecule has 1 fully saturated rings.